The minimum Gasteiger partial charge on any atom is -0.329 e. The summed E-state index contributed by atoms with van der Waals surface area (Å²) in [6.07, 6.45) is 8.27. The molecule has 0 aromatic rings. The molecule has 2 saturated carbocycles. The number of likely N-dealkylation sites (N-methyl/N-ethyl adjacent to an activating group) is 1. The highest BCUT2D eigenvalue weighted by Crippen LogP contribution is 2.43. The molecule has 2 rings (SSSR count). The molecule has 2 heteroatoms. The van der Waals surface area contributed by atoms with Crippen LogP contribution in [0.3, 0.4) is 0 Å². The van der Waals surface area contributed by atoms with Crippen molar-refractivity contribution in [3.63, 3.8) is 0 Å². The summed E-state index contributed by atoms with van der Waals surface area (Å²) in [5.74, 6) is 0.921. The molecule has 0 heterocycles. The lowest BCUT2D eigenvalue weighted by molar-refractivity contribution is 0.108. The van der Waals surface area contributed by atoms with Gasteiger partial charge in [-0.05, 0) is 38.6 Å². The maximum Gasteiger partial charge on any atom is 0.0333 e. The van der Waals surface area contributed by atoms with E-state index in [1.165, 1.54) is 38.5 Å². The normalized spacial score (nSPS) is 36.0. The molecule has 0 spiro atoms. The SMILES string of the molecule is CC1CCCC(N(C)C2(CN)CC2)C1. The maximum atomic E-state index is 5.87. The summed E-state index contributed by atoms with van der Waals surface area (Å²) < 4.78 is 0. The molecular weight excluding hydrogens is 172 g/mol. The zero-order chi connectivity index (χ0) is 10.2. The minimum atomic E-state index is 0.404. The topological polar surface area (TPSA) is 29.3 Å². The van der Waals surface area contributed by atoms with E-state index in [1.54, 1.807) is 0 Å². The van der Waals surface area contributed by atoms with Crippen molar-refractivity contribution in [1.82, 2.24) is 4.90 Å². The van der Waals surface area contributed by atoms with Gasteiger partial charge in [-0.3, -0.25) is 4.90 Å². The van der Waals surface area contributed by atoms with Crippen molar-refractivity contribution in [3.05, 3.63) is 0 Å². The number of nitrogens with two attached hydrogens (primary N) is 1. The maximum absolute atomic E-state index is 5.87. The molecule has 2 N–H and O–H groups in total. The summed E-state index contributed by atoms with van der Waals surface area (Å²) in [4.78, 5) is 2.60. The standard InChI is InChI=1S/C12H24N2/c1-10-4-3-5-11(8-10)14(2)12(9-13)6-7-12/h10-11H,3-9,13H2,1-2H3. The van der Waals surface area contributed by atoms with Crippen molar-refractivity contribution in [2.45, 2.75) is 57.0 Å². The lowest BCUT2D eigenvalue weighted by Gasteiger charge is -2.39. The van der Waals surface area contributed by atoms with Gasteiger partial charge in [0.05, 0.1) is 0 Å². The van der Waals surface area contributed by atoms with E-state index in [-0.39, 0.29) is 0 Å². The zero-order valence-electron chi connectivity index (χ0n) is 9.63. The van der Waals surface area contributed by atoms with E-state index in [4.69, 9.17) is 5.73 Å². The van der Waals surface area contributed by atoms with E-state index in [2.05, 4.69) is 18.9 Å². The second-order valence-electron chi connectivity index (χ2n) is 5.46. The third-order valence-electron chi connectivity index (χ3n) is 4.41. The van der Waals surface area contributed by atoms with Gasteiger partial charge in [-0.25, -0.2) is 0 Å². The van der Waals surface area contributed by atoms with E-state index >= 15 is 0 Å². The highest BCUT2D eigenvalue weighted by Gasteiger charge is 2.47. The van der Waals surface area contributed by atoms with Gasteiger partial charge in [-0.2, -0.15) is 0 Å². The van der Waals surface area contributed by atoms with Crippen LogP contribution in [0.15, 0.2) is 0 Å². The van der Waals surface area contributed by atoms with E-state index in [9.17, 15) is 0 Å². The Morgan fingerprint density at radius 1 is 1.36 bits per heavy atom. The molecule has 2 aliphatic carbocycles. The van der Waals surface area contributed by atoms with Gasteiger partial charge in [0.25, 0.3) is 0 Å². The average Bonchev–Trinajstić information content (AvgIpc) is 2.97. The summed E-state index contributed by atoms with van der Waals surface area (Å²) in [5, 5.41) is 0. The van der Waals surface area contributed by atoms with Crippen LogP contribution in [0, 0.1) is 5.92 Å². The second-order valence-corrected chi connectivity index (χ2v) is 5.46. The van der Waals surface area contributed by atoms with Gasteiger partial charge in [0.1, 0.15) is 0 Å². The van der Waals surface area contributed by atoms with Gasteiger partial charge in [0.2, 0.25) is 0 Å². The van der Waals surface area contributed by atoms with E-state index < -0.39 is 0 Å². The molecule has 2 fully saturated rings. The van der Waals surface area contributed by atoms with Crippen molar-refractivity contribution in [2.24, 2.45) is 11.7 Å². The van der Waals surface area contributed by atoms with Crippen LogP contribution in [-0.2, 0) is 0 Å². The first-order valence-corrected chi connectivity index (χ1v) is 6.11. The summed E-state index contributed by atoms with van der Waals surface area (Å²) in [6, 6.07) is 0.810. The first kappa shape index (κ1) is 10.4. The number of hydrogen-bond acceptors (Lipinski definition) is 2. The third kappa shape index (κ3) is 1.82. The highest BCUT2D eigenvalue weighted by molar-refractivity contribution is 5.05. The molecule has 0 aromatic carbocycles. The van der Waals surface area contributed by atoms with Gasteiger partial charge in [-0.15, -0.1) is 0 Å². The average molecular weight is 196 g/mol. The van der Waals surface area contributed by atoms with E-state index in [0.717, 1.165) is 18.5 Å². The molecule has 0 radical (unpaired) electrons. The van der Waals surface area contributed by atoms with Crippen LogP contribution in [0.2, 0.25) is 0 Å². The van der Waals surface area contributed by atoms with Crippen LogP contribution >= 0.6 is 0 Å². The van der Waals surface area contributed by atoms with E-state index in [0.29, 0.717) is 5.54 Å². The van der Waals surface area contributed by atoms with Crippen LogP contribution in [-0.4, -0.2) is 30.1 Å². The Labute approximate surface area is 87.8 Å². The number of hydrogen-bond donors (Lipinski definition) is 1. The summed E-state index contributed by atoms with van der Waals surface area (Å²) in [5.41, 5.74) is 6.27. The van der Waals surface area contributed by atoms with Crippen LogP contribution < -0.4 is 5.73 Å². The Morgan fingerprint density at radius 3 is 2.57 bits per heavy atom. The van der Waals surface area contributed by atoms with Crippen molar-refractivity contribution in [3.8, 4) is 0 Å². The van der Waals surface area contributed by atoms with Gasteiger partial charge in [0.15, 0.2) is 0 Å². The smallest absolute Gasteiger partial charge is 0.0333 e. The second kappa shape index (κ2) is 3.82. The predicted octanol–water partition coefficient (Wildman–Crippen LogP) is 1.99. The fourth-order valence-corrected chi connectivity index (χ4v) is 2.99. The van der Waals surface area contributed by atoms with Crippen molar-refractivity contribution in [2.75, 3.05) is 13.6 Å². The first-order chi connectivity index (χ1) is 6.68. The monoisotopic (exact) mass is 196 g/mol. The van der Waals surface area contributed by atoms with Crippen molar-refractivity contribution >= 4 is 0 Å². The minimum absolute atomic E-state index is 0.404. The van der Waals surface area contributed by atoms with Gasteiger partial charge in [0, 0.05) is 18.1 Å². The Bertz CT molecular complexity index is 198. The Hall–Kier alpha value is -0.0800. The zero-order valence-corrected chi connectivity index (χ0v) is 9.63. The van der Waals surface area contributed by atoms with Gasteiger partial charge >= 0.3 is 0 Å². The third-order valence-corrected chi connectivity index (χ3v) is 4.41. The van der Waals surface area contributed by atoms with Crippen LogP contribution in [0.1, 0.15) is 45.4 Å². The quantitative estimate of drug-likeness (QED) is 0.748. The van der Waals surface area contributed by atoms with Crippen LogP contribution in [0.25, 0.3) is 0 Å². The fraction of sp³-hybridized carbons (Fsp3) is 1.00. The van der Waals surface area contributed by atoms with Gasteiger partial charge in [-0.1, -0.05) is 19.8 Å². The lowest BCUT2D eigenvalue weighted by Crippen LogP contribution is -2.47. The fourth-order valence-electron chi connectivity index (χ4n) is 2.99. The van der Waals surface area contributed by atoms with Crippen LogP contribution in [0.5, 0.6) is 0 Å². The predicted molar refractivity (Wildman–Crippen MR) is 60.2 cm³/mol. The molecule has 0 amide bonds. The molecular formula is C12H24N2. The molecule has 0 bridgehead atoms. The summed E-state index contributed by atoms with van der Waals surface area (Å²) >= 11 is 0. The highest BCUT2D eigenvalue weighted by atomic mass is 15.2. The van der Waals surface area contributed by atoms with Gasteiger partial charge < -0.3 is 5.73 Å². The lowest BCUT2D eigenvalue weighted by atomic mass is 9.85. The summed E-state index contributed by atoms with van der Waals surface area (Å²) in [6.45, 7) is 3.25. The van der Waals surface area contributed by atoms with Crippen molar-refractivity contribution in [1.29, 1.82) is 0 Å². The number of nitrogens with zero attached hydrogens (tertiary/aromatic N) is 1. The molecule has 14 heavy (non-hydrogen) atoms. The largest absolute Gasteiger partial charge is 0.329 e. The molecule has 2 nitrogen and oxygen atoms in total. The Balaban J connectivity index is 1.93. The summed E-state index contributed by atoms with van der Waals surface area (Å²) in [7, 11) is 2.29. The Kier molecular flexibility index (Phi) is 2.85. The first-order valence-electron chi connectivity index (χ1n) is 6.11. The molecule has 0 aliphatic heterocycles. The molecule has 82 valence electrons. The molecule has 2 aliphatic rings. The van der Waals surface area contributed by atoms with Crippen LogP contribution in [0.4, 0.5) is 0 Å². The number of rotatable bonds is 3. The molecule has 0 aromatic heterocycles. The van der Waals surface area contributed by atoms with E-state index in [1.807, 2.05) is 0 Å². The molecule has 2 unspecified atom stereocenters. The van der Waals surface area contributed by atoms with Crippen molar-refractivity contribution < 1.29 is 0 Å². The molecule has 0 saturated heterocycles. The Morgan fingerprint density at radius 2 is 2.07 bits per heavy atom. The molecule has 2 atom stereocenters.